The topological polar surface area (TPSA) is 55.1 Å². The highest BCUT2D eigenvalue weighted by Crippen LogP contribution is 2.22. The van der Waals surface area contributed by atoms with Crippen molar-refractivity contribution < 1.29 is 0 Å². The van der Waals surface area contributed by atoms with Gasteiger partial charge in [-0.2, -0.15) is 9.61 Å². The van der Waals surface area contributed by atoms with E-state index in [2.05, 4.69) is 55.0 Å². The molecule has 0 saturated heterocycles. The van der Waals surface area contributed by atoms with Crippen molar-refractivity contribution >= 4 is 11.6 Å². The highest BCUT2D eigenvalue weighted by atomic mass is 15.4. The Balaban J connectivity index is 2.37. The molecule has 1 N–H and O–H groups in total. The molecule has 0 aromatic carbocycles. The number of hydrogen-bond donors (Lipinski definition) is 1. The lowest BCUT2D eigenvalue weighted by atomic mass is 9.93. The lowest BCUT2D eigenvalue weighted by Crippen LogP contribution is -2.19. The van der Waals surface area contributed by atoms with E-state index in [-0.39, 0.29) is 5.41 Å². The van der Waals surface area contributed by atoms with E-state index >= 15 is 0 Å². The van der Waals surface area contributed by atoms with Gasteiger partial charge < -0.3 is 5.32 Å². The van der Waals surface area contributed by atoms with Gasteiger partial charge in [0.2, 0.25) is 5.95 Å². The molecule has 0 aliphatic carbocycles. The first-order valence-corrected chi connectivity index (χ1v) is 6.89. The number of nitrogens with one attached hydrogen (secondary N) is 1. The number of nitrogens with zero attached hydrogens (tertiary/aromatic N) is 4. The van der Waals surface area contributed by atoms with Gasteiger partial charge in [-0.15, -0.1) is 0 Å². The Labute approximate surface area is 114 Å². The minimum Gasteiger partial charge on any atom is -0.352 e. The van der Waals surface area contributed by atoms with E-state index in [9.17, 15) is 0 Å². The molecular formula is C14H23N5. The van der Waals surface area contributed by atoms with E-state index in [0.717, 1.165) is 30.1 Å². The van der Waals surface area contributed by atoms with Crippen molar-refractivity contribution in [1.82, 2.24) is 19.6 Å². The standard InChI is InChI=1S/C14H23N5/c1-6-7-10(2)17-13-16-9-15-12-8-11(14(3,4)5)18-19(12)13/h8-10H,6-7H2,1-5H3,(H,15,16,17). The summed E-state index contributed by atoms with van der Waals surface area (Å²) >= 11 is 0. The predicted molar refractivity (Wildman–Crippen MR) is 77.5 cm³/mol. The van der Waals surface area contributed by atoms with E-state index in [0.29, 0.717) is 6.04 Å². The average Bonchev–Trinajstić information content (AvgIpc) is 2.74. The SMILES string of the molecule is CCCC(C)Nc1ncnc2cc(C(C)(C)C)nn12. The highest BCUT2D eigenvalue weighted by Gasteiger charge is 2.19. The normalized spacial score (nSPS) is 13.7. The highest BCUT2D eigenvalue weighted by molar-refractivity contribution is 5.46. The van der Waals surface area contributed by atoms with Gasteiger partial charge in [0, 0.05) is 17.5 Å². The second kappa shape index (κ2) is 5.15. The van der Waals surface area contributed by atoms with Crippen LogP contribution in [0.3, 0.4) is 0 Å². The van der Waals surface area contributed by atoms with Crippen molar-refractivity contribution in [3.8, 4) is 0 Å². The Kier molecular flexibility index (Phi) is 3.73. The zero-order chi connectivity index (χ0) is 14.0. The first-order chi connectivity index (χ1) is 8.91. The lowest BCUT2D eigenvalue weighted by Gasteiger charge is -2.15. The van der Waals surface area contributed by atoms with Crippen molar-refractivity contribution in [2.75, 3.05) is 5.32 Å². The van der Waals surface area contributed by atoms with E-state index in [4.69, 9.17) is 0 Å². The van der Waals surface area contributed by atoms with Gasteiger partial charge >= 0.3 is 0 Å². The summed E-state index contributed by atoms with van der Waals surface area (Å²) in [6, 6.07) is 2.41. The molecule has 104 valence electrons. The molecule has 0 saturated carbocycles. The van der Waals surface area contributed by atoms with Crippen LogP contribution in [0.1, 0.15) is 53.2 Å². The van der Waals surface area contributed by atoms with Gasteiger partial charge in [-0.1, -0.05) is 34.1 Å². The maximum Gasteiger partial charge on any atom is 0.227 e. The summed E-state index contributed by atoms with van der Waals surface area (Å²) in [5.41, 5.74) is 1.88. The number of aromatic nitrogens is 4. The van der Waals surface area contributed by atoms with Gasteiger partial charge in [-0.3, -0.25) is 0 Å². The molecular weight excluding hydrogens is 238 g/mol. The fourth-order valence-corrected chi connectivity index (χ4v) is 2.01. The number of anilines is 1. The molecule has 2 heterocycles. The van der Waals surface area contributed by atoms with Gasteiger partial charge in [0.25, 0.3) is 0 Å². The Morgan fingerprint density at radius 3 is 2.68 bits per heavy atom. The second-order valence-corrected chi connectivity index (χ2v) is 6.08. The third kappa shape index (κ3) is 3.03. The minimum atomic E-state index is 0.0139. The Morgan fingerprint density at radius 1 is 1.32 bits per heavy atom. The summed E-state index contributed by atoms with van der Waals surface area (Å²) in [5.74, 6) is 0.765. The monoisotopic (exact) mass is 261 g/mol. The summed E-state index contributed by atoms with van der Waals surface area (Å²) in [4.78, 5) is 8.58. The first-order valence-electron chi connectivity index (χ1n) is 6.89. The van der Waals surface area contributed by atoms with Gasteiger partial charge in [-0.25, -0.2) is 9.97 Å². The molecule has 0 bridgehead atoms. The van der Waals surface area contributed by atoms with Crippen LogP contribution in [0, 0.1) is 0 Å². The fraction of sp³-hybridized carbons (Fsp3) is 0.643. The molecule has 0 amide bonds. The van der Waals surface area contributed by atoms with E-state index in [1.54, 1.807) is 10.8 Å². The van der Waals surface area contributed by atoms with Crippen molar-refractivity contribution in [2.24, 2.45) is 0 Å². The van der Waals surface area contributed by atoms with Crippen LogP contribution in [0.15, 0.2) is 12.4 Å². The molecule has 0 aliphatic heterocycles. The van der Waals surface area contributed by atoms with Gasteiger partial charge in [0.1, 0.15) is 6.33 Å². The van der Waals surface area contributed by atoms with Crippen LogP contribution in [0.25, 0.3) is 5.65 Å². The van der Waals surface area contributed by atoms with E-state index < -0.39 is 0 Å². The minimum absolute atomic E-state index is 0.0139. The largest absolute Gasteiger partial charge is 0.352 e. The zero-order valence-corrected chi connectivity index (χ0v) is 12.4. The molecule has 5 nitrogen and oxygen atoms in total. The third-order valence-electron chi connectivity index (χ3n) is 3.13. The quantitative estimate of drug-likeness (QED) is 0.919. The molecule has 19 heavy (non-hydrogen) atoms. The molecule has 2 aromatic heterocycles. The zero-order valence-electron chi connectivity index (χ0n) is 12.4. The molecule has 0 fully saturated rings. The fourth-order valence-electron chi connectivity index (χ4n) is 2.01. The van der Waals surface area contributed by atoms with Crippen LogP contribution in [0.5, 0.6) is 0 Å². The van der Waals surface area contributed by atoms with Gasteiger partial charge in [0.05, 0.1) is 5.69 Å². The molecule has 0 spiro atoms. The number of hydrogen-bond acceptors (Lipinski definition) is 4. The van der Waals surface area contributed by atoms with Crippen molar-refractivity contribution in [3.05, 3.63) is 18.1 Å². The summed E-state index contributed by atoms with van der Waals surface area (Å²) in [5, 5.41) is 8.03. The molecule has 2 aromatic rings. The van der Waals surface area contributed by atoms with Gasteiger partial charge in [-0.05, 0) is 13.3 Å². The molecule has 2 rings (SSSR count). The van der Waals surface area contributed by atoms with Crippen LogP contribution < -0.4 is 5.32 Å². The third-order valence-corrected chi connectivity index (χ3v) is 3.13. The van der Waals surface area contributed by atoms with Crippen LogP contribution in [-0.4, -0.2) is 25.6 Å². The second-order valence-electron chi connectivity index (χ2n) is 6.08. The Hall–Kier alpha value is -1.65. The predicted octanol–water partition coefficient (Wildman–Crippen LogP) is 3.02. The van der Waals surface area contributed by atoms with E-state index in [1.807, 2.05) is 6.07 Å². The summed E-state index contributed by atoms with van der Waals surface area (Å²) in [7, 11) is 0. The smallest absolute Gasteiger partial charge is 0.227 e. The molecule has 1 unspecified atom stereocenters. The van der Waals surface area contributed by atoms with Crippen molar-refractivity contribution in [3.63, 3.8) is 0 Å². The van der Waals surface area contributed by atoms with Crippen LogP contribution >= 0.6 is 0 Å². The van der Waals surface area contributed by atoms with Crippen molar-refractivity contribution in [1.29, 1.82) is 0 Å². The van der Waals surface area contributed by atoms with Crippen LogP contribution in [0.2, 0.25) is 0 Å². The summed E-state index contributed by atoms with van der Waals surface area (Å²) < 4.78 is 1.80. The average molecular weight is 261 g/mol. The molecule has 5 heteroatoms. The van der Waals surface area contributed by atoms with Crippen LogP contribution in [-0.2, 0) is 5.41 Å². The Bertz CT molecular complexity index is 552. The molecule has 0 aliphatic rings. The number of fused-ring (bicyclic) bond motifs is 1. The Morgan fingerprint density at radius 2 is 2.05 bits per heavy atom. The lowest BCUT2D eigenvalue weighted by molar-refractivity contribution is 0.562. The van der Waals surface area contributed by atoms with Crippen molar-refractivity contribution in [2.45, 2.75) is 58.9 Å². The van der Waals surface area contributed by atoms with Gasteiger partial charge in [0.15, 0.2) is 5.65 Å². The molecule has 0 radical (unpaired) electrons. The number of rotatable bonds is 4. The maximum atomic E-state index is 4.63. The van der Waals surface area contributed by atoms with Crippen LogP contribution in [0.4, 0.5) is 5.95 Å². The molecule has 1 atom stereocenters. The summed E-state index contributed by atoms with van der Waals surface area (Å²) in [6.07, 6.45) is 3.85. The first kappa shape index (κ1) is 13.8. The maximum absolute atomic E-state index is 4.63. The van der Waals surface area contributed by atoms with E-state index in [1.165, 1.54) is 0 Å². The summed E-state index contributed by atoms with van der Waals surface area (Å²) in [6.45, 7) is 10.8.